The van der Waals surface area contributed by atoms with Crippen LogP contribution in [0, 0.1) is 0 Å². The molecule has 1 rings (SSSR count). The number of carbonyl (C=O) groups is 1. The normalized spacial score (nSPS) is 27.5. The number of hydrogen-bond donors (Lipinski definition) is 1. The molecule has 4 heteroatoms. The molecule has 0 spiro atoms. The Morgan fingerprint density at radius 2 is 2.20 bits per heavy atom. The maximum absolute atomic E-state index is 11.0. The van der Waals surface area contributed by atoms with E-state index in [-0.39, 0.29) is 6.03 Å². The number of rotatable bonds is 0. The molecule has 1 N–H and O–H groups in total. The monoisotopic (exact) mass is 144 g/mol. The average Bonchev–Trinajstić information content (AvgIpc) is 1.93. The Labute approximate surface area is 60.0 Å². The summed E-state index contributed by atoms with van der Waals surface area (Å²) in [5.41, 5.74) is 0. The molecule has 0 aliphatic carbocycles. The zero-order valence-electron chi connectivity index (χ0n) is 6.24. The predicted octanol–water partition coefficient (Wildman–Crippen LogP) is -0.308. The van der Waals surface area contributed by atoms with Crippen LogP contribution in [0.25, 0.3) is 0 Å². The Bertz CT molecular complexity index is 149. The van der Waals surface area contributed by atoms with Gasteiger partial charge in [0.25, 0.3) is 0 Å². The lowest BCUT2D eigenvalue weighted by atomic mass is 10.3. The summed E-state index contributed by atoms with van der Waals surface area (Å²) in [5, 5.41) is 9.14. The van der Waals surface area contributed by atoms with Crippen molar-refractivity contribution in [2.24, 2.45) is 0 Å². The standard InChI is InChI=1S/C6H12N2O2/c1-7-4-3-5(9)8(2)6(7)10/h5,9H,3-4H2,1-2H3. The Balaban J connectivity index is 2.60. The number of nitrogens with zero attached hydrogens (tertiary/aromatic N) is 2. The summed E-state index contributed by atoms with van der Waals surface area (Å²) in [6, 6.07) is -0.112. The van der Waals surface area contributed by atoms with Crippen LogP contribution >= 0.6 is 0 Å². The van der Waals surface area contributed by atoms with Crippen LogP contribution in [0.3, 0.4) is 0 Å². The van der Waals surface area contributed by atoms with Crippen LogP contribution in [0.4, 0.5) is 4.79 Å². The summed E-state index contributed by atoms with van der Waals surface area (Å²) < 4.78 is 0. The van der Waals surface area contributed by atoms with Crippen molar-refractivity contribution in [1.29, 1.82) is 0 Å². The van der Waals surface area contributed by atoms with Gasteiger partial charge in [-0.25, -0.2) is 4.79 Å². The van der Waals surface area contributed by atoms with Gasteiger partial charge in [0.05, 0.1) is 0 Å². The van der Waals surface area contributed by atoms with Crippen molar-refractivity contribution in [2.45, 2.75) is 12.6 Å². The lowest BCUT2D eigenvalue weighted by Gasteiger charge is -2.34. The minimum atomic E-state index is -0.594. The average molecular weight is 144 g/mol. The van der Waals surface area contributed by atoms with Crippen LogP contribution in [0.15, 0.2) is 0 Å². The zero-order valence-corrected chi connectivity index (χ0v) is 6.24. The first-order valence-corrected chi connectivity index (χ1v) is 3.29. The summed E-state index contributed by atoms with van der Waals surface area (Å²) in [5.74, 6) is 0. The van der Waals surface area contributed by atoms with Crippen LogP contribution in [0.2, 0.25) is 0 Å². The van der Waals surface area contributed by atoms with E-state index in [4.69, 9.17) is 5.11 Å². The first kappa shape index (κ1) is 7.34. The first-order valence-electron chi connectivity index (χ1n) is 3.29. The lowest BCUT2D eigenvalue weighted by Crippen LogP contribution is -2.50. The van der Waals surface area contributed by atoms with Crippen molar-refractivity contribution in [3.05, 3.63) is 0 Å². The summed E-state index contributed by atoms with van der Waals surface area (Å²) in [7, 11) is 3.33. The van der Waals surface area contributed by atoms with Gasteiger partial charge in [0.15, 0.2) is 0 Å². The fourth-order valence-electron chi connectivity index (χ4n) is 0.995. The van der Waals surface area contributed by atoms with E-state index in [1.807, 2.05) is 0 Å². The molecule has 1 saturated heterocycles. The second-order valence-electron chi connectivity index (χ2n) is 2.58. The fourth-order valence-corrected chi connectivity index (χ4v) is 0.995. The Kier molecular flexibility index (Phi) is 1.80. The van der Waals surface area contributed by atoms with E-state index in [2.05, 4.69) is 0 Å². The van der Waals surface area contributed by atoms with Gasteiger partial charge in [-0.2, -0.15) is 0 Å². The number of urea groups is 1. The van der Waals surface area contributed by atoms with Gasteiger partial charge in [-0.1, -0.05) is 0 Å². The molecule has 2 amide bonds. The molecule has 1 atom stereocenters. The van der Waals surface area contributed by atoms with E-state index >= 15 is 0 Å². The number of amides is 2. The van der Waals surface area contributed by atoms with Gasteiger partial charge >= 0.3 is 6.03 Å². The van der Waals surface area contributed by atoms with Gasteiger partial charge < -0.3 is 14.9 Å². The Hall–Kier alpha value is -0.770. The highest BCUT2D eigenvalue weighted by Gasteiger charge is 2.25. The second kappa shape index (κ2) is 2.46. The molecule has 0 saturated carbocycles. The molecule has 0 aromatic rings. The van der Waals surface area contributed by atoms with Crippen molar-refractivity contribution in [2.75, 3.05) is 20.6 Å². The highest BCUT2D eigenvalue weighted by Crippen LogP contribution is 2.09. The molecule has 0 bridgehead atoms. The molecule has 1 aliphatic heterocycles. The van der Waals surface area contributed by atoms with Gasteiger partial charge in [0.2, 0.25) is 0 Å². The van der Waals surface area contributed by atoms with Crippen LogP contribution in [0.1, 0.15) is 6.42 Å². The van der Waals surface area contributed by atoms with Gasteiger partial charge in [-0.15, -0.1) is 0 Å². The molecular formula is C6H12N2O2. The van der Waals surface area contributed by atoms with Crippen LogP contribution in [-0.4, -0.2) is 47.8 Å². The largest absolute Gasteiger partial charge is 0.373 e. The highest BCUT2D eigenvalue weighted by atomic mass is 16.3. The number of carbonyl (C=O) groups excluding carboxylic acids is 1. The van der Waals surface area contributed by atoms with E-state index in [0.29, 0.717) is 13.0 Å². The molecule has 1 heterocycles. The van der Waals surface area contributed by atoms with E-state index in [1.165, 1.54) is 4.90 Å². The third kappa shape index (κ3) is 1.07. The molecule has 0 aromatic carbocycles. The number of hydrogen-bond acceptors (Lipinski definition) is 2. The topological polar surface area (TPSA) is 43.8 Å². The van der Waals surface area contributed by atoms with E-state index in [9.17, 15) is 4.79 Å². The molecule has 1 fully saturated rings. The fraction of sp³-hybridized carbons (Fsp3) is 0.833. The molecule has 1 unspecified atom stereocenters. The maximum atomic E-state index is 11.0. The SMILES string of the molecule is CN1CCC(O)N(C)C1=O. The summed E-state index contributed by atoms with van der Waals surface area (Å²) in [6.07, 6.45) is 0.0438. The van der Waals surface area contributed by atoms with Crippen molar-refractivity contribution in [3.8, 4) is 0 Å². The van der Waals surface area contributed by atoms with Gasteiger partial charge in [0.1, 0.15) is 6.23 Å². The minimum absolute atomic E-state index is 0.112. The van der Waals surface area contributed by atoms with Crippen molar-refractivity contribution in [1.82, 2.24) is 9.80 Å². The Morgan fingerprint density at radius 1 is 1.60 bits per heavy atom. The van der Waals surface area contributed by atoms with Gasteiger partial charge in [-0.3, -0.25) is 0 Å². The molecule has 10 heavy (non-hydrogen) atoms. The van der Waals surface area contributed by atoms with E-state index < -0.39 is 6.23 Å². The van der Waals surface area contributed by atoms with E-state index in [1.54, 1.807) is 19.0 Å². The molecule has 4 nitrogen and oxygen atoms in total. The Morgan fingerprint density at radius 3 is 2.70 bits per heavy atom. The summed E-state index contributed by atoms with van der Waals surface area (Å²) in [4.78, 5) is 14.0. The van der Waals surface area contributed by atoms with Gasteiger partial charge in [0, 0.05) is 27.1 Å². The highest BCUT2D eigenvalue weighted by molar-refractivity contribution is 5.74. The predicted molar refractivity (Wildman–Crippen MR) is 36.4 cm³/mol. The third-order valence-corrected chi connectivity index (χ3v) is 1.80. The first-order chi connectivity index (χ1) is 4.63. The number of aliphatic hydroxyl groups is 1. The van der Waals surface area contributed by atoms with Crippen molar-refractivity contribution >= 4 is 6.03 Å². The quantitative estimate of drug-likeness (QED) is 0.507. The molecular weight excluding hydrogens is 132 g/mol. The smallest absolute Gasteiger partial charge is 0.321 e. The molecule has 0 aromatic heterocycles. The van der Waals surface area contributed by atoms with Crippen LogP contribution in [0.5, 0.6) is 0 Å². The third-order valence-electron chi connectivity index (χ3n) is 1.80. The van der Waals surface area contributed by atoms with Crippen LogP contribution in [-0.2, 0) is 0 Å². The van der Waals surface area contributed by atoms with Crippen LogP contribution < -0.4 is 0 Å². The summed E-state index contributed by atoms with van der Waals surface area (Å²) >= 11 is 0. The lowest BCUT2D eigenvalue weighted by molar-refractivity contribution is 0.00298. The summed E-state index contributed by atoms with van der Waals surface area (Å²) in [6.45, 7) is 0.643. The maximum Gasteiger partial charge on any atom is 0.321 e. The molecule has 0 radical (unpaired) electrons. The zero-order chi connectivity index (χ0) is 7.72. The molecule has 58 valence electrons. The van der Waals surface area contributed by atoms with Crippen molar-refractivity contribution in [3.63, 3.8) is 0 Å². The van der Waals surface area contributed by atoms with Gasteiger partial charge in [-0.05, 0) is 0 Å². The second-order valence-corrected chi connectivity index (χ2v) is 2.58. The molecule has 1 aliphatic rings. The van der Waals surface area contributed by atoms with Crippen molar-refractivity contribution < 1.29 is 9.90 Å². The van der Waals surface area contributed by atoms with E-state index in [0.717, 1.165) is 0 Å². The number of aliphatic hydroxyl groups excluding tert-OH is 1. The minimum Gasteiger partial charge on any atom is -0.373 e.